The van der Waals surface area contributed by atoms with E-state index in [1.165, 1.54) is 29.9 Å². The summed E-state index contributed by atoms with van der Waals surface area (Å²) >= 11 is 1.21. The first-order chi connectivity index (χ1) is 11.0. The van der Waals surface area contributed by atoms with Crippen molar-refractivity contribution in [3.8, 4) is 0 Å². The number of methoxy groups -OCH3 is 1. The second-order valence-electron chi connectivity index (χ2n) is 4.62. The van der Waals surface area contributed by atoms with E-state index in [-0.39, 0.29) is 16.1 Å². The lowest BCUT2D eigenvalue weighted by Crippen LogP contribution is -2.15. The normalized spacial score (nSPS) is 11.3. The third-order valence-corrected chi connectivity index (χ3v) is 5.37. The van der Waals surface area contributed by atoms with Crippen molar-refractivity contribution in [3.05, 3.63) is 52.9 Å². The van der Waals surface area contributed by atoms with Gasteiger partial charge in [0.15, 0.2) is 0 Å². The number of sulfonamides is 1. The first kappa shape index (κ1) is 15.4. The third-order valence-electron chi connectivity index (χ3n) is 3.21. The van der Waals surface area contributed by atoms with Gasteiger partial charge in [0, 0.05) is 22.3 Å². The third kappa shape index (κ3) is 2.90. The van der Waals surface area contributed by atoms with Crippen LogP contribution in [-0.4, -0.2) is 26.5 Å². The molecule has 0 fully saturated rings. The molecule has 3 rings (SSSR count). The number of fused-ring (bicyclic) bond motifs is 1. The number of aromatic nitrogens is 1. The van der Waals surface area contributed by atoms with Gasteiger partial charge >= 0.3 is 5.97 Å². The van der Waals surface area contributed by atoms with E-state index in [2.05, 4.69) is 14.4 Å². The highest BCUT2D eigenvalue weighted by atomic mass is 32.2. The Kier molecular flexibility index (Phi) is 4.01. The molecule has 0 amide bonds. The number of carbonyl (C=O) groups is 1. The molecule has 0 unspecified atom stereocenters. The first-order valence-corrected chi connectivity index (χ1v) is 8.96. The lowest BCUT2D eigenvalue weighted by molar-refractivity contribution is 0.0602. The summed E-state index contributed by atoms with van der Waals surface area (Å²) in [5, 5.41) is 3.60. The zero-order valence-corrected chi connectivity index (χ0v) is 13.6. The van der Waals surface area contributed by atoms with Gasteiger partial charge in [-0.3, -0.25) is 9.71 Å². The average Bonchev–Trinajstić information content (AvgIpc) is 3.01. The summed E-state index contributed by atoms with van der Waals surface area (Å²) in [4.78, 5) is 15.9. The molecule has 0 spiro atoms. The van der Waals surface area contributed by atoms with Crippen LogP contribution in [0.2, 0.25) is 0 Å². The van der Waals surface area contributed by atoms with Crippen molar-refractivity contribution in [2.75, 3.05) is 11.8 Å². The van der Waals surface area contributed by atoms with Crippen molar-refractivity contribution in [3.63, 3.8) is 0 Å². The number of anilines is 1. The molecule has 0 bridgehead atoms. The van der Waals surface area contributed by atoms with Crippen LogP contribution in [-0.2, 0) is 14.8 Å². The van der Waals surface area contributed by atoms with Crippen LogP contribution in [0, 0.1) is 0 Å². The molecule has 0 saturated heterocycles. The minimum atomic E-state index is -3.87. The van der Waals surface area contributed by atoms with Gasteiger partial charge in [-0.25, -0.2) is 13.2 Å². The van der Waals surface area contributed by atoms with E-state index in [0.29, 0.717) is 10.9 Å². The lowest BCUT2D eigenvalue weighted by atomic mass is 10.2. The van der Waals surface area contributed by atoms with Crippen molar-refractivity contribution in [2.45, 2.75) is 4.90 Å². The maximum absolute atomic E-state index is 12.7. The van der Waals surface area contributed by atoms with Crippen molar-refractivity contribution in [1.29, 1.82) is 0 Å². The van der Waals surface area contributed by atoms with E-state index in [1.54, 1.807) is 35.8 Å². The van der Waals surface area contributed by atoms with Gasteiger partial charge in [0.25, 0.3) is 10.0 Å². The molecule has 0 radical (unpaired) electrons. The molecule has 3 aromatic rings. The number of nitrogens with one attached hydrogen (secondary N) is 1. The van der Waals surface area contributed by atoms with Crippen molar-refractivity contribution < 1.29 is 17.9 Å². The van der Waals surface area contributed by atoms with Gasteiger partial charge in [0.05, 0.1) is 28.8 Å². The number of nitrogens with zero attached hydrogens (tertiary/aromatic N) is 1. The summed E-state index contributed by atoms with van der Waals surface area (Å²) in [5.74, 6) is -0.594. The van der Waals surface area contributed by atoms with E-state index in [1.807, 2.05) is 0 Å². The molecule has 1 N–H and O–H groups in total. The van der Waals surface area contributed by atoms with Gasteiger partial charge in [-0.1, -0.05) is 6.07 Å². The van der Waals surface area contributed by atoms with Crippen molar-refractivity contribution in [1.82, 2.24) is 4.98 Å². The van der Waals surface area contributed by atoms with Gasteiger partial charge in [-0.05, 0) is 24.3 Å². The highest BCUT2D eigenvalue weighted by Crippen LogP contribution is 2.27. The van der Waals surface area contributed by atoms with Crippen LogP contribution < -0.4 is 4.72 Å². The quantitative estimate of drug-likeness (QED) is 0.733. The van der Waals surface area contributed by atoms with Crippen LogP contribution in [0.25, 0.3) is 10.9 Å². The highest BCUT2D eigenvalue weighted by molar-refractivity contribution is 7.93. The predicted octanol–water partition coefficient (Wildman–Crippen LogP) is 2.88. The average molecular weight is 348 g/mol. The Morgan fingerprint density at radius 2 is 2.04 bits per heavy atom. The fourth-order valence-corrected chi connectivity index (χ4v) is 4.27. The summed E-state index contributed by atoms with van der Waals surface area (Å²) in [6.45, 7) is 0. The molecule has 8 heteroatoms. The fraction of sp³-hybridized carbons (Fsp3) is 0.0667. The molecule has 6 nitrogen and oxygen atoms in total. The van der Waals surface area contributed by atoms with Crippen LogP contribution in [0.5, 0.6) is 0 Å². The second kappa shape index (κ2) is 5.98. The maximum Gasteiger partial charge on any atom is 0.340 e. The van der Waals surface area contributed by atoms with Crippen LogP contribution in [0.3, 0.4) is 0 Å². The summed E-state index contributed by atoms with van der Waals surface area (Å²) in [6, 6.07) is 8.21. The van der Waals surface area contributed by atoms with Gasteiger partial charge in [-0.2, -0.15) is 0 Å². The Morgan fingerprint density at radius 3 is 2.83 bits per heavy atom. The zero-order chi connectivity index (χ0) is 16.4. The van der Waals surface area contributed by atoms with Crippen LogP contribution in [0.4, 0.5) is 5.69 Å². The fourth-order valence-electron chi connectivity index (χ4n) is 2.15. The number of carbonyl (C=O) groups excluding carboxylic acids is 1. The Bertz CT molecular complexity index is 975. The molecule has 118 valence electrons. The van der Waals surface area contributed by atoms with E-state index in [0.717, 1.165) is 0 Å². The number of ether oxygens (including phenoxy) is 1. The van der Waals surface area contributed by atoms with Gasteiger partial charge in [-0.15, -0.1) is 11.3 Å². The van der Waals surface area contributed by atoms with Crippen molar-refractivity contribution in [2.24, 2.45) is 0 Å². The number of thiophene rings is 1. The highest BCUT2D eigenvalue weighted by Gasteiger charge is 2.21. The summed E-state index contributed by atoms with van der Waals surface area (Å²) in [7, 11) is -2.62. The summed E-state index contributed by atoms with van der Waals surface area (Å²) in [5.41, 5.74) is 0.955. The molecule has 0 aliphatic carbocycles. The van der Waals surface area contributed by atoms with E-state index in [4.69, 9.17) is 0 Å². The Hall–Kier alpha value is -2.45. The molecule has 2 aromatic heterocycles. The maximum atomic E-state index is 12.7. The molecular weight excluding hydrogens is 336 g/mol. The standard InChI is InChI=1S/C15H12N2O4S2/c1-21-15(18)11-8-22-9-13(11)17-23(19,20)14-6-2-5-12-10(14)4-3-7-16-12/h2-9,17H,1H3. The van der Waals surface area contributed by atoms with Crippen LogP contribution in [0.15, 0.2) is 52.2 Å². The van der Waals surface area contributed by atoms with E-state index >= 15 is 0 Å². The topological polar surface area (TPSA) is 85.4 Å². The predicted molar refractivity (Wildman–Crippen MR) is 88.2 cm³/mol. The molecule has 1 aromatic carbocycles. The largest absolute Gasteiger partial charge is 0.465 e. The van der Waals surface area contributed by atoms with Gasteiger partial charge in [0.2, 0.25) is 0 Å². The molecule has 23 heavy (non-hydrogen) atoms. The van der Waals surface area contributed by atoms with Gasteiger partial charge < -0.3 is 4.74 Å². The summed E-state index contributed by atoms with van der Waals surface area (Å²) in [6.07, 6.45) is 1.60. The van der Waals surface area contributed by atoms with Gasteiger partial charge in [0.1, 0.15) is 0 Å². The number of esters is 1. The second-order valence-corrected chi connectivity index (χ2v) is 7.02. The number of hydrogen-bond donors (Lipinski definition) is 1. The molecule has 2 heterocycles. The molecule has 0 saturated carbocycles. The number of pyridine rings is 1. The smallest absolute Gasteiger partial charge is 0.340 e. The first-order valence-electron chi connectivity index (χ1n) is 6.54. The lowest BCUT2D eigenvalue weighted by Gasteiger charge is -2.10. The summed E-state index contributed by atoms with van der Waals surface area (Å²) < 4.78 is 32.5. The number of hydrogen-bond acceptors (Lipinski definition) is 6. The minimum Gasteiger partial charge on any atom is -0.465 e. The van der Waals surface area contributed by atoms with Crippen LogP contribution >= 0.6 is 11.3 Å². The molecular formula is C15H12N2O4S2. The Morgan fingerprint density at radius 1 is 1.22 bits per heavy atom. The molecule has 0 atom stereocenters. The number of rotatable bonds is 4. The zero-order valence-electron chi connectivity index (χ0n) is 12.0. The monoisotopic (exact) mass is 348 g/mol. The van der Waals surface area contributed by atoms with Crippen molar-refractivity contribution >= 4 is 43.9 Å². The van der Waals surface area contributed by atoms with E-state index < -0.39 is 16.0 Å². The Balaban J connectivity index is 2.06. The molecule has 0 aliphatic heterocycles. The number of benzene rings is 1. The SMILES string of the molecule is COC(=O)c1cscc1NS(=O)(=O)c1cccc2ncccc12. The Labute approximate surface area is 136 Å². The minimum absolute atomic E-state index is 0.102. The van der Waals surface area contributed by atoms with Crippen LogP contribution in [0.1, 0.15) is 10.4 Å². The van der Waals surface area contributed by atoms with E-state index in [9.17, 15) is 13.2 Å². The molecule has 0 aliphatic rings.